The number of anilines is 1. The number of hydrogen-bond acceptors (Lipinski definition) is 11. The molecule has 1 fully saturated rings. The number of rotatable bonds is 7. The van der Waals surface area contributed by atoms with E-state index in [-0.39, 0.29) is 42.6 Å². The van der Waals surface area contributed by atoms with Crippen LogP contribution in [0.15, 0.2) is 53.3 Å². The van der Waals surface area contributed by atoms with E-state index in [2.05, 4.69) is 0 Å². The average Bonchev–Trinajstić information content (AvgIpc) is 2.94. The molecule has 0 spiro atoms. The lowest BCUT2D eigenvalue weighted by atomic mass is 9.57. The quantitative estimate of drug-likeness (QED) is 0.175. The number of esters is 1. The van der Waals surface area contributed by atoms with Crippen LogP contribution in [-0.2, 0) is 32.0 Å². The molecule has 1 unspecified atom stereocenters. The Morgan fingerprint density at radius 3 is 2.32 bits per heavy atom. The zero-order valence-corrected chi connectivity index (χ0v) is 24.8. The molecule has 12 heteroatoms. The molecule has 4 atom stereocenters. The lowest BCUT2D eigenvalue weighted by molar-refractivity contribution is -0.153. The van der Waals surface area contributed by atoms with E-state index >= 15 is 0 Å². The van der Waals surface area contributed by atoms with Crippen molar-refractivity contribution in [3.63, 3.8) is 0 Å². The van der Waals surface area contributed by atoms with Gasteiger partial charge in [0, 0.05) is 31.3 Å². The number of ketones is 2. The molecule has 0 heterocycles. The van der Waals surface area contributed by atoms with Gasteiger partial charge in [-0.2, -0.15) is 0 Å². The van der Waals surface area contributed by atoms with Crippen molar-refractivity contribution in [2.75, 3.05) is 33.1 Å². The van der Waals surface area contributed by atoms with Crippen molar-refractivity contribution in [1.82, 2.24) is 4.90 Å². The van der Waals surface area contributed by atoms with Crippen LogP contribution >= 0.6 is 0 Å². The van der Waals surface area contributed by atoms with Crippen molar-refractivity contribution in [2.24, 2.45) is 17.6 Å². The molecular weight excluding hydrogens is 570 g/mol. The van der Waals surface area contributed by atoms with Gasteiger partial charge in [0.15, 0.2) is 11.4 Å². The molecule has 0 saturated heterocycles. The number of amides is 1. The first-order valence-electron chi connectivity index (χ1n) is 14.2. The topological polar surface area (TPSA) is 191 Å². The zero-order valence-electron chi connectivity index (χ0n) is 24.8. The Morgan fingerprint density at radius 1 is 1.07 bits per heavy atom. The van der Waals surface area contributed by atoms with Crippen molar-refractivity contribution in [3.8, 4) is 11.5 Å². The highest BCUT2D eigenvalue weighted by atomic mass is 16.5. The van der Waals surface area contributed by atoms with E-state index < -0.39 is 64.0 Å². The molecule has 3 aliphatic rings. The molecular formula is C32H35N3O9. The van der Waals surface area contributed by atoms with Crippen LogP contribution in [0.25, 0.3) is 5.76 Å². The fourth-order valence-electron chi connectivity index (χ4n) is 6.84. The van der Waals surface area contributed by atoms with Gasteiger partial charge >= 0.3 is 5.97 Å². The summed E-state index contributed by atoms with van der Waals surface area (Å²) < 4.78 is 5.35. The van der Waals surface area contributed by atoms with E-state index in [4.69, 9.17) is 10.5 Å². The number of phenols is 1. The number of nitrogens with zero attached hydrogens (tertiary/aromatic N) is 2. The first-order valence-corrected chi connectivity index (χ1v) is 14.2. The van der Waals surface area contributed by atoms with E-state index in [1.807, 2.05) is 0 Å². The molecule has 0 bridgehead atoms. The summed E-state index contributed by atoms with van der Waals surface area (Å²) in [6, 6.07) is 9.08. The SMILES string of the molecule is CN(C)c1cc(CCC(=O)Oc2ccccc2)c(O)c2c1C[C@@H]1C[C@@H]3C(N(C)C)C(=O)C(C(N)=O)=C(O)[C@]3(O)C(=O)C1=C2O. The Balaban J connectivity index is 1.59. The molecule has 6 N–H and O–H groups in total. The van der Waals surface area contributed by atoms with Crippen molar-refractivity contribution in [3.05, 3.63) is 70.0 Å². The minimum Gasteiger partial charge on any atom is -0.508 e. The van der Waals surface area contributed by atoms with Gasteiger partial charge in [0.2, 0.25) is 5.78 Å². The number of likely N-dealkylation sites (N-methyl/N-ethyl adjacent to an activating group) is 1. The average molecular weight is 606 g/mol. The van der Waals surface area contributed by atoms with Crippen molar-refractivity contribution < 1.29 is 44.3 Å². The van der Waals surface area contributed by atoms with Gasteiger partial charge in [-0.1, -0.05) is 18.2 Å². The van der Waals surface area contributed by atoms with Crippen LogP contribution in [0.3, 0.4) is 0 Å². The number of para-hydroxylation sites is 1. The number of nitrogens with two attached hydrogens (primary N) is 1. The molecule has 0 aromatic heterocycles. The summed E-state index contributed by atoms with van der Waals surface area (Å²) in [4.78, 5) is 55.3. The van der Waals surface area contributed by atoms with Gasteiger partial charge < -0.3 is 35.8 Å². The predicted octanol–water partition coefficient (Wildman–Crippen LogP) is 1.57. The molecule has 0 aliphatic heterocycles. The molecule has 2 aromatic carbocycles. The number of ether oxygens (including phenoxy) is 1. The van der Waals surface area contributed by atoms with Crippen LogP contribution in [0.5, 0.6) is 11.5 Å². The van der Waals surface area contributed by atoms with Gasteiger partial charge in [-0.3, -0.25) is 24.1 Å². The maximum atomic E-state index is 14.1. The Morgan fingerprint density at radius 2 is 1.73 bits per heavy atom. The summed E-state index contributed by atoms with van der Waals surface area (Å²) in [5.41, 5.74) is 3.01. The third kappa shape index (κ3) is 4.70. The lowest BCUT2D eigenvalue weighted by Crippen LogP contribution is -2.65. The van der Waals surface area contributed by atoms with E-state index in [1.165, 1.54) is 4.90 Å². The van der Waals surface area contributed by atoms with Gasteiger partial charge in [0.25, 0.3) is 5.91 Å². The maximum Gasteiger partial charge on any atom is 0.311 e. The highest BCUT2D eigenvalue weighted by Gasteiger charge is 2.64. The third-order valence-electron chi connectivity index (χ3n) is 8.83. The van der Waals surface area contributed by atoms with Gasteiger partial charge in [0.1, 0.15) is 28.6 Å². The predicted molar refractivity (Wildman–Crippen MR) is 159 cm³/mol. The fraction of sp³-hybridized carbons (Fsp3) is 0.375. The van der Waals surface area contributed by atoms with Gasteiger partial charge in [-0.25, -0.2) is 0 Å². The number of carbonyl (C=O) groups is 4. The Kier molecular flexibility index (Phi) is 7.77. The second kappa shape index (κ2) is 11.1. The second-order valence-corrected chi connectivity index (χ2v) is 11.9. The number of aryl methyl sites for hydroxylation is 1. The van der Waals surface area contributed by atoms with E-state index in [0.29, 0.717) is 22.6 Å². The number of phenolic OH excluding ortho intramolecular Hbond substituents is 1. The van der Waals surface area contributed by atoms with Crippen LogP contribution in [-0.4, -0.2) is 88.6 Å². The highest BCUT2D eigenvalue weighted by Crippen LogP contribution is 2.54. The molecule has 1 saturated carbocycles. The standard InChI is InChI=1S/C32H35N3O9/c1-34(2)20-14-15(10-11-21(36)44-17-8-6-5-7-9-17)26(37)23-18(20)12-16-13-19-25(35(3)4)28(39)24(31(33)42)30(41)32(19,43)29(40)22(16)27(23)38/h5-9,14,16,19,25,37-38,41,43H,10-13H2,1-4H3,(H2,33,42)/t16-,19-,25?,32-/m1/s1. The van der Waals surface area contributed by atoms with Crippen LogP contribution in [0, 0.1) is 11.8 Å². The van der Waals surface area contributed by atoms with Crippen molar-refractivity contribution >= 4 is 34.9 Å². The van der Waals surface area contributed by atoms with Crippen molar-refractivity contribution in [1.29, 1.82) is 0 Å². The van der Waals surface area contributed by atoms with E-state index in [9.17, 15) is 39.6 Å². The van der Waals surface area contributed by atoms with Crippen molar-refractivity contribution in [2.45, 2.75) is 37.3 Å². The minimum absolute atomic E-state index is 0.00747. The molecule has 232 valence electrons. The monoisotopic (exact) mass is 605 g/mol. The van der Waals surface area contributed by atoms with Gasteiger partial charge in [-0.05, 0) is 68.6 Å². The van der Waals surface area contributed by atoms with Crippen LogP contribution in [0.1, 0.15) is 29.5 Å². The number of hydrogen-bond donors (Lipinski definition) is 5. The van der Waals surface area contributed by atoms with E-state index in [1.54, 1.807) is 69.5 Å². The molecule has 2 aromatic rings. The smallest absolute Gasteiger partial charge is 0.311 e. The Bertz CT molecular complexity index is 1640. The maximum absolute atomic E-state index is 14.1. The molecule has 1 amide bonds. The summed E-state index contributed by atoms with van der Waals surface area (Å²) >= 11 is 0. The lowest BCUT2D eigenvalue weighted by Gasteiger charge is -2.50. The number of aliphatic hydroxyl groups is 3. The number of benzene rings is 2. The summed E-state index contributed by atoms with van der Waals surface area (Å²) in [6.07, 6.45) is 0.108. The number of fused-ring (bicyclic) bond motifs is 3. The molecule has 12 nitrogen and oxygen atoms in total. The summed E-state index contributed by atoms with van der Waals surface area (Å²) in [6.45, 7) is 0. The third-order valence-corrected chi connectivity index (χ3v) is 8.83. The first-order chi connectivity index (χ1) is 20.7. The number of primary amides is 1. The highest BCUT2D eigenvalue weighted by molar-refractivity contribution is 6.24. The number of aromatic hydroxyl groups is 1. The fourth-order valence-corrected chi connectivity index (χ4v) is 6.84. The summed E-state index contributed by atoms with van der Waals surface area (Å²) in [5, 5.41) is 45.8. The number of Topliss-reactive ketones (excluding diaryl/α,β-unsaturated/α-hetero) is 2. The largest absolute Gasteiger partial charge is 0.508 e. The summed E-state index contributed by atoms with van der Waals surface area (Å²) in [5.74, 6) is -7.27. The molecule has 5 rings (SSSR count). The normalized spacial score (nSPS) is 24.5. The first kappa shape index (κ1) is 30.8. The molecule has 44 heavy (non-hydrogen) atoms. The Hall–Kier alpha value is -4.68. The molecule has 3 aliphatic carbocycles. The number of carbonyl (C=O) groups excluding carboxylic acids is 4. The van der Waals surface area contributed by atoms with Gasteiger partial charge in [0.05, 0.1) is 18.0 Å². The van der Waals surface area contributed by atoms with Crippen LogP contribution in [0.2, 0.25) is 0 Å². The summed E-state index contributed by atoms with van der Waals surface area (Å²) in [7, 11) is 6.65. The van der Waals surface area contributed by atoms with Crippen LogP contribution < -0.4 is 15.4 Å². The van der Waals surface area contributed by atoms with Gasteiger partial charge in [-0.15, -0.1) is 0 Å². The number of aliphatic hydroxyl groups excluding tert-OH is 2. The zero-order chi connectivity index (χ0) is 32.2. The van der Waals surface area contributed by atoms with E-state index in [0.717, 1.165) is 0 Å². The second-order valence-electron chi connectivity index (χ2n) is 11.9. The van der Waals surface area contributed by atoms with Crippen LogP contribution in [0.4, 0.5) is 5.69 Å². The minimum atomic E-state index is -2.72. The molecule has 0 radical (unpaired) electrons. The Labute approximate surface area is 253 Å².